The van der Waals surface area contributed by atoms with E-state index < -0.39 is 0 Å². The van der Waals surface area contributed by atoms with E-state index in [1.165, 1.54) is 11.1 Å². The van der Waals surface area contributed by atoms with E-state index in [4.69, 9.17) is 15.2 Å². The lowest BCUT2D eigenvalue weighted by Gasteiger charge is -2.32. The Hall–Kier alpha value is -0.330. The molecule has 3 rings (SSSR count). The average Bonchev–Trinajstić information content (AvgIpc) is 2.87. The van der Waals surface area contributed by atoms with Crippen LogP contribution in [0, 0.1) is 0 Å². The molecule has 0 aliphatic carbocycles. The van der Waals surface area contributed by atoms with Gasteiger partial charge in [-0.15, -0.1) is 12.4 Å². The maximum absolute atomic E-state index is 5.78. The van der Waals surface area contributed by atoms with Crippen molar-refractivity contribution in [3.63, 3.8) is 0 Å². The number of nitrogens with two attached hydrogens (primary N) is 1. The van der Waals surface area contributed by atoms with Gasteiger partial charge in [-0.2, -0.15) is 0 Å². The van der Waals surface area contributed by atoms with Gasteiger partial charge >= 0.3 is 0 Å². The maximum atomic E-state index is 5.78. The summed E-state index contributed by atoms with van der Waals surface area (Å²) < 4.78 is 12.5. The molecule has 0 bridgehead atoms. The van der Waals surface area contributed by atoms with Crippen LogP contribution in [0.3, 0.4) is 0 Å². The van der Waals surface area contributed by atoms with Crippen molar-refractivity contribution in [1.82, 2.24) is 4.90 Å². The van der Waals surface area contributed by atoms with Crippen LogP contribution >= 0.6 is 28.3 Å². The van der Waals surface area contributed by atoms with E-state index in [2.05, 4.69) is 33.0 Å². The summed E-state index contributed by atoms with van der Waals surface area (Å²) in [5, 5.41) is 0. The molecule has 2 aliphatic heterocycles. The van der Waals surface area contributed by atoms with Gasteiger partial charge in [0.1, 0.15) is 5.75 Å². The van der Waals surface area contributed by atoms with E-state index >= 15 is 0 Å². The second-order valence-electron chi connectivity index (χ2n) is 5.12. The Balaban J connectivity index is 0.00000147. The van der Waals surface area contributed by atoms with Crippen LogP contribution in [0.1, 0.15) is 11.1 Å². The number of benzene rings is 1. The fraction of sp³-hybridized carbons (Fsp3) is 0.571. The molecule has 0 radical (unpaired) electrons. The van der Waals surface area contributed by atoms with E-state index in [0.717, 1.165) is 49.5 Å². The fourth-order valence-corrected chi connectivity index (χ4v) is 3.32. The SMILES string of the molecule is Cl.NCC1CN(Cc2cc(Br)cc3c2OCC3)CCO1. The zero-order valence-corrected chi connectivity index (χ0v) is 13.7. The van der Waals surface area contributed by atoms with Gasteiger partial charge in [0.2, 0.25) is 0 Å². The molecule has 20 heavy (non-hydrogen) atoms. The van der Waals surface area contributed by atoms with Gasteiger partial charge in [-0.1, -0.05) is 15.9 Å². The normalized spacial score (nSPS) is 22.0. The summed E-state index contributed by atoms with van der Waals surface area (Å²) >= 11 is 3.59. The third-order valence-electron chi connectivity index (χ3n) is 3.71. The molecule has 2 aliphatic rings. The van der Waals surface area contributed by atoms with E-state index in [1.54, 1.807) is 0 Å². The number of hydrogen-bond donors (Lipinski definition) is 1. The van der Waals surface area contributed by atoms with Gasteiger partial charge in [-0.3, -0.25) is 4.90 Å². The van der Waals surface area contributed by atoms with E-state index in [0.29, 0.717) is 6.54 Å². The molecule has 0 amide bonds. The molecule has 2 N–H and O–H groups in total. The van der Waals surface area contributed by atoms with Gasteiger partial charge < -0.3 is 15.2 Å². The Morgan fingerprint density at radius 3 is 3.00 bits per heavy atom. The van der Waals surface area contributed by atoms with Crippen LogP contribution in [0.15, 0.2) is 16.6 Å². The van der Waals surface area contributed by atoms with Gasteiger partial charge in [-0.25, -0.2) is 0 Å². The highest BCUT2D eigenvalue weighted by molar-refractivity contribution is 9.10. The van der Waals surface area contributed by atoms with E-state index in [1.807, 2.05) is 0 Å². The Bertz CT molecular complexity index is 473. The van der Waals surface area contributed by atoms with Crippen molar-refractivity contribution < 1.29 is 9.47 Å². The molecule has 0 aromatic heterocycles. The van der Waals surface area contributed by atoms with Crippen molar-refractivity contribution in [3.05, 3.63) is 27.7 Å². The van der Waals surface area contributed by atoms with Gasteiger partial charge in [0.15, 0.2) is 0 Å². The first kappa shape index (κ1) is 16.0. The molecular formula is C14H20BrClN2O2. The molecule has 0 saturated carbocycles. The molecule has 1 saturated heterocycles. The van der Waals surface area contributed by atoms with E-state index in [-0.39, 0.29) is 18.5 Å². The van der Waals surface area contributed by atoms with Crippen LogP contribution in [0.25, 0.3) is 0 Å². The van der Waals surface area contributed by atoms with Crippen molar-refractivity contribution in [1.29, 1.82) is 0 Å². The lowest BCUT2D eigenvalue weighted by Crippen LogP contribution is -2.45. The standard InChI is InChI=1S/C14H19BrN2O2.ClH/c15-12-5-10-1-3-19-14(10)11(6-12)8-17-2-4-18-13(7-16)9-17;/h5-6,13H,1-4,7-9,16H2;1H. The topological polar surface area (TPSA) is 47.7 Å². The smallest absolute Gasteiger partial charge is 0.127 e. The Morgan fingerprint density at radius 2 is 2.20 bits per heavy atom. The molecule has 6 heteroatoms. The molecule has 1 atom stereocenters. The molecule has 0 spiro atoms. The van der Waals surface area contributed by atoms with Crippen LogP contribution in [-0.2, 0) is 17.7 Å². The summed E-state index contributed by atoms with van der Waals surface area (Å²) in [4.78, 5) is 2.39. The summed E-state index contributed by atoms with van der Waals surface area (Å²) in [6.45, 7) is 4.91. The number of fused-ring (bicyclic) bond motifs is 1. The fourth-order valence-electron chi connectivity index (χ4n) is 2.77. The van der Waals surface area contributed by atoms with Gasteiger partial charge in [0.05, 0.1) is 19.3 Å². The number of morpholine rings is 1. The summed E-state index contributed by atoms with van der Waals surface area (Å²) in [5.74, 6) is 1.08. The number of rotatable bonds is 3. The van der Waals surface area contributed by atoms with Crippen molar-refractivity contribution in [2.24, 2.45) is 5.73 Å². The first-order valence-electron chi connectivity index (χ1n) is 6.74. The van der Waals surface area contributed by atoms with Gasteiger partial charge in [-0.05, 0) is 17.7 Å². The monoisotopic (exact) mass is 362 g/mol. The Morgan fingerprint density at radius 1 is 1.35 bits per heavy atom. The third-order valence-corrected chi connectivity index (χ3v) is 4.16. The lowest BCUT2D eigenvalue weighted by molar-refractivity contribution is -0.0262. The van der Waals surface area contributed by atoms with Gasteiger partial charge in [0, 0.05) is 42.6 Å². The highest BCUT2D eigenvalue weighted by Crippen LogP contribution is 2.33. The minimum Gasteiger partial charge on any atom is -0.493 e. The van der Waals surface area contributed by atoms with Crippen LogP contribution in [0.4, 0.5) is 0 Å². The zero-order valence-electron chi connectivity index (χ0n) is 11.3. The molecule has 1 aromatic rings. The van der Waals surface area contributed by atoms with Crippen molar-refractivity contribution in [2.75, 3.05) is 32.8 Å². The summed E-state index contributed by atoms with van der Waals surface area (Å²) in [5.41, 5.74) is 8.27. The van der Waals surface area contributed by atoms with Gasteiger partial charge in [0.25, 0.3) is 0 Å². The quantitative estimate of drug-likeness (QED) is 0.892. The molecule has 112 valence electrons. The highest BCUT2D eigenvalue weighted by atomic mass is 79.9. The minimum absolute atomic E-state index is 0. The zero-order chi connectivity index (χ0) is 13.2. The number of nitrogens with zero attached hydrogens (tertiary/aromatic N) is 1. The molecular weight excluding hydrogens is 344 g/mol. The largest absolute Gasteiger partial charge is 0.493 e. The molecule has 1 fully saturated rings. The van der Waals surface area contributed by atoms with Crippen LogP contribution in [-0.4, -0.2) is 43.9 Å². The second kappa shape index (κ2) is 7.09. The van der Waals surface area contributed by atoms with Crippen molar-refractivity contribution >= 4 is 28.3 Å². The second-order valence-corrected chi connectivity index (χ2v) is 6.03. The third kappa shape index (κ3) is 3.46. The summed E-state index contributed by atoms with van der Waals surface area (Å²) in [7, 11) is 0. The summed E-state index contributed by atoms with van der Waals surface area (Å²) in [6.07, 6.45) is 1.17. The first-order chi connectivity index (χ1) is 9.26. The molecule has 4 nitrogen and oxygen atoms in total. The van der Waals surface area contributed by atoms with Crippen molar-refractivity contribution in [3.8, 4) is 5.75 Å². The molecule has 1 unspecified atom stereocenters. The average molecular weight is 364 g/mol. The number of hydrogen-bond acceptors (Lipinski definition) is 4. The minimum atomic E-state index is 0. The number of halogens is 2. The summed E-state index contributed by atoms with van der Waals surface area (Å²) in [6, 6.07) is 4.32. The van der Waals surface area contributed by atoms with Crippen LogP contribution in [0.5, 0.6) is 5.75 Å². The molecule has 1 aromatic carbocycles. The van der Waals surface area contributed by atoms with Crippen molar-refractivity contribution in [2.45, 2.75) is 19.1 Å². The molecule has 2 heterocycles. The van der Waals surface area contributed by atoms with Crippen LogP contribution in [0.2, 0.25) is 0 Å². The first-order valence-corrected chi connectivity index (χ1v) is 7.53. The van der Waals surface area contributed by atoms with E-state index in [9.17, 15) is 0 Å². The predicted octanol–water partition coefficient (Wildman–Crippen LogP) is 1.97. The highest BCUT2D eigenvalue weighted by Gasteiger charge is 2.23. The Kier molecular flexibility index (Phi) is 5.69. The van der Waals surface area contributed by atoms with Crippen LogP contribution < -0.4 is 10.5 Å². The maximum Gasteiger partial charge on any atom is 0.127 e. The predicted molar refractivity (Wildman–Crippen MR) is 84.7 cm³/mol. The number of ether oxygens (including phenoxy) is 2. The lowest BCUT2D eigenvalue weighted by atomic mass is 10.1. The Labute approximate surface area is 134 Å².